The first-order valence-corrected chi connectivity index (χ1v) is 6.61. The van der Waals surface area contributed by atoms with E-state index in [1.54, 1.807) is 6.92 Å². The van der Waals surface area contributed by atoms with E-state index < -0.39 is 5.97 Å². The van der Waals surface area contributed by atoms with Gasteiger partial charge in [0.15, 0.2) is 0 Å². The molecule has 0 spiro atoms. The molecule has 0 unspecified atom stereocenters. The highest BCUT2D eigenvalue weighted by Gasteiger charge is 2.31. The zero-order valence-corrected chi connectivity index (χ0v) is 11.0. The fourth-order valence-corrected chi connectivity index (χ4v) is 2.88. The normalized spacial score (nSPS) is 26.8. The third-order valence-electron chi connectivity index (χ3n) is 4.07. The molecule has 0 bridgehead atoms. The van der Waals surface area contributed by atoms with Crippen LogP contribution in [0.1, 0.15) is 31.7 Å². The molecule has 0 aliphatic carbocycles. The third kappa shape index (κ3) is 2.72. The molecule has 1 heterocycles. The SMILES string of the molecule is C[C@@H]1CN([C@@H](C)C(=O)O)CC[C@@H]1c1ccccc1. The Morgan fingerprint density at radius 2 is 2.06 bits per heavy atom. The second-order valence-electron chi connectivity index (χ2n) is 5.29. The standard InChI is InChI=1S/C15H21NO2/c1-11-10-16(12(2)15(17)18)9-8-14(11)13-6-4-3-5-7-13/h3-7,11-12,14H,8-10H2,1-2H3,(H,17,18)/t11-,12+,14+/m1/s1. The summed E-state index contributed by atoms with van der Waals surface area (Å²) in [6.07, 6.45) is 1.04. The smallest absolute Gasteiger partial charge is 0.320 e. The first-order valence-electron chi connectivity index (χ1n) is 6.61. The summed E-state index contributed by atoms with van der Waals surface area (Å²) in [4.78, 5) is 13.1. The first kappa shape index (κ1) is 13.1. The molecule has 0 amide bonds. The van der Waals surface area contributed by atoms with E-state index in [0.29, 0.717) is 11.8 Å². The number of carbonyl (C=O) groups is 1. The van der Waals surface area contributed by atoms with Crippen molar-refractivity contribution in [2.45, 2.75) is 32.2 Å². The van der Waals surface area contributed by atoms with E-state index in [4.69, 9.17) is 5.11 Å². The molecule has 0 saturated carbocycles. The van der Waals surface area contributed by atoms with Crippen molar-refractivity contribution in [1.29, 1.82) is 0 Å². The van der Waals surface area contributed by atoms with Gasteiger partial charge in [0.05, 0.1) is 0 Å². The van der Waals surface area contributed by atoms with E-state index >= 15 is 0 Å². The molecule has 0 aromatic heterocycles. The van der Waals surface area contributed by atoms with Crippen LogP contribution < -0.4 is 0 Å². The van der Waals surface area contributed by atoms with Crippen LogP contribution >= 0.6 is 0 Å². The number of benzene rings is 1. The predicted molar refractivity (Wildman–Crippen MR) is 71.6 cm³/mol. The minimum Gasteiger partial charge on any atom is -0.480 e. The molecule has 1 N–H and O–H groups in total. The quantitative estimate of drug-likeness (QED) is 0.892. The van der Waals surface area contributed by atoms with Gasteiger partial charge in [-0.1, -0.05) is 37.3 Å². The van der Waals surface area contributed by atoms with Gasteiger partial charge in [0.25, 0.3) is 0 Å². The van der Waals surface area contributed by atoms with E-state index in [9.17, 15) is 4.79 Å². The zero-order valence-electron chi connectivity index (χ0n) is 11.0. The molecular formula is C15H21NO2. The molecule has 98 valence electrons. The lowest BCUT2D eigenvalue weighted by molar-refractivity contribution is -0.143. The highest BCUT2D eigenvalue weighted by molar-refractivity contribution is 5.72. The maximum atomic E-state index is 11.0. The minimum atomic E-state index is -0.722. The van der Waals surface area contributed by atoms with Crippen LogP contribution in [-0.4, -0.2) is 35.1 Å². The van der Waals surface area contributed by atoms with Crippen molar-refractivity contribution < 1.29 is 9.90 Å². The predicted octanol–water partition coefficient (Wildman–Crippen LogP) is 2.59. The Labute approximate surface area is 108 Å². The van der Waals surface area contributed by atoms with Gasteiger partial charge in [-0.3, -0.25) is 9.69 Å². The van der Waals surface area contributed by atoms with Crippen molar-refractivity contribution in [3.05, 3.63) is 35.9 Å². The highest BCUT2D eigenvalue weighted by Crippen LogP contribution is 2.33. The molecule has 1 aromatic carbocycles. The number of carboxylic acid groups (broad SMARTS) is 1. The Hall–Kier alpha value is -1.35. The summed E-state index contributed by atoms with van der Waals surface area (Å²) in [6.45, 7) is 5.74. The summed E-state index contributed by atoms with van der Waals surface area (Å²) in [6, 6.07) is 10.2. The number of rotatable bonds is 3. The van der Waals surface area contributed by atoms with Crippen molar-refractivity contribution >= 4 is 5.97 Å². The monoisotopic (exact) mass is 247 g/mol. The number of hydrogen-bond acceptors (Lipinski definition) is 2. The molecule has 1 fully saturated rings. The summed E-state index contributed by atoms with van der Waals surface area (Å²) < 4.78 is 0. The Kier molecular flexibility index (Phi) is 4.02. The van der Waals surface area contributed by atoms with Gasteiger partial charge in [-0.25, -0.2) is 0 Å². The summed E-state index contributed by atoms with van der Waals surface area (Å²) in [7, 11) is 0. The molecular weight excluding hydrogens is 226 g/mol. The minimum absolute atomic E-state index is 0.371. The van der Waals surface area contributed by atoms with Gasteiger partial charge in [0.2, 0.25) is 0 Å². The number of likely N-dealkylation sites (tertiary alicyclic amines) is 1. The zero-order chi connectivity index (χ0) is 13.1. The van der Waals surface area contributed by atoms with Crippen LogP contribution in [0, 0.1) is 5.92 Å². The lowest BCUT2D eigenvalue weighted by atomic mass is 9.81. The fourth-order valence-electron chi connectivity index (χ4n) is 2.88. The van der Waals surface area contributed by atoms with Crippen LogP contribution in [0.15, 0.2) is 30.3 Å². The maximum absolute atomic E-state index is 11.0. The van der Waals surface area contributed by atoms with E-state index in [1.165, 1.54) is 5.56 Å². The molecule has 0 radical (unpaired) electrons. The van der Waals surface area contributed by atoms with Gasteiger partial charge in [0.1, 0.15) is 6.04 Å². The first-order chi connectivity index (χ1) is 8.59. The number of carboxylic acids is 1. The number of piperidine rings is 1. The van der Waals surface area contributed by atoms with E-state index in [1.807, 2.05) is 6.07 Å². The molecule has 1 saturated heterocycles. The second kappa shape index (κ2) is 5.53. The van der Waals surface area contributed by atoms with Gasteiger partial charge in [-0.2, -0.15) is 0 Å². The topological polar surface area (TPSA) is 40.5 Å². The average molecular weight is 247 g/mol. The summed E-state index contributed by atoms with van der Waals surface area (Å²) in [5.74, 6) is 0.340. The van der Waals surface area contributed by atoms with Gasteiger partial charge >= 0.3 is 5.97 Å². The average Bonchev–Trinajstić information content (AvgIpc) is 2.38. The van der Waals surface area contributed by atoms with E-state index in [-0.39, 0.29) is 6.04 Å². The molecule has 3 nitrogen and oxygen atoms in total. The van der Waals surface area contributed by atoms with Crippen LogP contribution in [-0.2, 0) is 4.79 Å². The molecule has 1 aliphatic heterocycles. The number of nitrogens with zero attached hydrogens (tertiary/aromatic N) is 1. The van der Waals surface area contributed by atoms with Gasteiger partial charge in [-0.15, -0.1) is 0 Å². The lowest BCUT2D eigenvalue weighted by Gasteiger charge is -2.39. The summed E-state index contributed by atoms with van der Waals surface area (Å²) in [5, 5.41) is 9.06. The Morgan fingerprint density at radius 3 is 2.61 bits per heavy atom. The van der Waals surface area contributed by atoms with Crippen LogP contribution in [0.3, 0.4) is 0 Å². The lowest BCUT2D eigenvalue weighted by Crippen LogP contribution is -2.46. The summed E-state index contributed by atoms with van der Waals surface area (Å²) >= 11 is 0. The molecule has 3 atom stereocenters. The van der Waals surface area contributed by atoms with Crippen LogP contribution in [0.5, 0.6) is 0 Å². The molecule has 18 heavy (non-hydrogen) atoms. The summed E-state index contributed by atoms with van der Waals surface area (Å²) in [5.41, 5.74) is 1.38. The van der Waals surface area contributed by atoms with Crippen molar-refractivity contribution in [2.75, 3.05) is 13.1 Å². The van der Waals surface area contributed by atoms with Crippen LogP contribution in [0.2, 0.25) is 0 Å². The van der Waals surface area contributed by atoms with E-state index in [0.717, 1.165) is 19.5 Å². The molecule has 3 heteroatoms. The Balaban J connectivity index is 2.03. The van der Waals surface area contributed by atoms with E-state index in [2.05, 4.69) is 36.1 Å². The highest BCUT2D eigenvalue weighted by atomic mass is 16.4. The Bertz CT molecular complexity index is 404. The van der Waals surface area contributed by atoms with Crippen LogP contribution in [0.25, 0.3) is 0 Å². The van der Waals surface area contributed by atoms with Crippen molar-refractivity contribution in [2.24, 2.45) is 5.92 Å². The van der Waals surface area contributed by atoms with Crippen molar-refractivity contribution in [1.82, 2.24) is 4.90 Å². The van der Waals surface area contributed by atoms with Crippen molar-refractivity contribution in [3.8, 4) is 0 Å². The molecule has 1 aliphatic rings. The van der Waals surface area contributed by atoms with Gasteiger partial charge in [-0.05, 0) is 37.3 Å². The fraction of sp³-hybridized carbons (Fsp3) is 0.533. The third-order valence-corrected chi connectivity index (χ3v) is 4.07. The Morgan fingerprint density at radius 1 is 1.39 bits per heavy atom. The van der Waals surface area contributed by atoms with Crippen molar-refractivity contribution in [3.63, 3.8) is 0 Å². The second-order valence-corrected chi connectivity index (χ2v) is 5.29. The van der Waals surface area contributed by atoms with Gasteiger partial charge in [0, 0.05) is 6.54 Å². The molecule has 1 aromatic rings. The number of hydrogen-bond donors (Lipinski definition) is 1. The number of aliphatic carboxylic acids is 1. The van der Waals surface area contributed by atoms with Crippen LogP contribution in [0.4, 0.5) is 0 Å². The molecule has 2 rings (SSSR count). The van der Waals surface area contributed by atoms with Gasteiger partial charge < -0.3 is 5.11 Å². The largest absolute Gasteiger partial charge is 0.480 e. The maximum Gasteiger partial charge on any atom is 0.320 e.